The Morgan fingerprint density at radius 3 is 0.259 bits per heavy atom. The first kappa shape index (κ1) is 56.9. The summed E-state index contributed by atoms with van der Waals surface area (Å²) in [6.07, 6.45) is 0. The van der Waals surface area contributed by atoms with E-state index in [0.717, 1.165) is 0 Å². The zero-order valence-electron chi connectivity index (χ0n) is 17.4. The van der Waals surface area contributed by atoms with Gasteiger partial charge in [-0.3, -0.25) is 0 Å². The Labute approximate surface area is 219 Å². The van der Waals surface area contributed by atoms with Gasteiger partial charge in [0, 0.05) is 0 Å². The first-order chi connectivity index (χ1) is 10.4. The summed E-state index contributed by atoms with van der Waals surface area (Å²) < 4.78 is 0. The van der Waals surface area contributed by atoms with Crippen molar-refractivity contribution in [3.63, 3.8) is 0 Å². The molecule has 0 fully saturated rings. The number of rotatable bonds is 0. The van der Waals surface area contributed by atoms with Crippen LogP contribution in [-0.2, 0) is 0 Å². The molecule has 19 nitrogen and oxygen atoms in total. The van der Waals surface area contributed by atoms with Crippen molar-refractivity contribution in [3.8, 4) is 0 Å². The molecule has 20 N–H and O–H groups in total. The van der Waals surface area contributed by atoms with Gasteiger partial charge in [0.1, 0.15) is 0 Å². The maximum absolute atomic E-state index is 7.17. The average molecular weight is 473 g/mol. The van der Waals surface area contributed by atoms with Gasteiger partial charge in [-0.15, -0.1) is 0 Å². The average Bonchev–Trinajstić information content (AvgIpc) is 2.08. The van der Waals surface area contributed by atoms with Gasteiger partial charge >= 0.3 is 119 Å². The Bertz CT molecular complexity index is 122. The van der Waals surface area contributed by atoms with Gasteiger partial charge in [-0.25, -0.2) is 0 Å². The Balaban J connectivity index is -0.0000000109. The van der Waals surface area contributed by atoms with Crippen molar-refractivity contribution in [1.82, 2.24) is 0 Å². The summed E-state index contributed by atoms with van der Waals surface area (Å²) in [6.45, 7) is 0. The van der Waals surface area contributed by atoms with E-state index in [1.54, 1.807) is 0 Å². The molecule has 0 aromatic carbocycles. The van der Waals surface area contributed by atoms with Crippen LogP contribution in [0.3, 0.4) is 0 Å². The molecule has 0 spiro atoms. The first-order valence-electron chi connectivity index (χ1n) is 4.65. The van der Waals surface area contributed by atoms with E-state index in [0.29, 0.717) is 0 Å². The quantitative estimate of drug-likeness (QED) is 0.145. The van der Waals surface area contributed by atoms with E-state index >= 15 is 0 Å². The molecule has 0 aliphatic heterocycles. The van der Waals surface area contributed by atoms with E-state index in [-0.39, 0.29) is 86.7 Å². The zero-order chi connectivity index (χ0) is 21.5. The predicted octanol–water partition coefficient (Wildman–Crippen LogP) is -13.4. The van der Waals surface area contributed by atoms with Gasteiger partial charge in [-0.05, 0) is 0 Å². The molecule has 0 heterocycles. The Morgan fingerprint density at radius 2 is 0.259 bits per heavy atom. The van der Waals surface area contributed by atoms with E-state index in [1.165, 1.54) is 0 Å². The fourth-order valence-corrected chi connectivity index (χ4v) is 0. The third-order valence-electron chi connectivity index (χ3n) is 0. The molecule has 0 radical (unpaired) electrons. The predicted molar refractivity (Wildman–Crippen MR) is 94.0 cm³/mol. The van der Waals surface area contributed by atoms with Crippen molar-refractivity contribution in [2.75, 3.05) is 0 Å². The van der Waals surface area contributed by atoms with Crippen LogP contribution in [0.4, 0.5) is 0 Å². The monoisotopic (exact) mass is 474 g/mol. The molecule has 27 heteroatoms. The maximum atomic E-state index is 7.17. The molecule has 0 bridgehead atoms. The third-order valence-corrected chi connectivity index (χ3v) is 0. The van der Waals surface area contributed by atoms with E-state index in [9.17, 15) is 0 Å². The first-order valence-corrected chi connectivity index (χ1v) is 4.65. The van der Waals surface area contributed by atoms with Crippen molar-refractivity contribution in [3.05, 3.63) is 0 Å². The molecule has 27 heavy (non-hydrogen) atoms. The van der Waals surface area contributed by atoms with Crippen LogP contribution in [0.1, 0.15) is 5.71 Å². The third kappa shape index (κ3) is 4170. The fourth-order valence-electron chi connectivity index (χ4n) is 0. The normalized spacial score (nSPS) is 6.00. The van der Waals surface area contributed by atoms with E-state index in [4.69, 9.17) is 90.4 Å². The minimum atomic E-state index is -2.17. The molecule has 0 saturated carbocycles. The number of hydrogen-bond acceptors (Lipinski definition) is 18. The zero-order valence-corrected chi connectivity index (χ0v) is 17.8. The fraction of sp³-hybridized carbons (Fsp3) is 0. The van der Waals surface area contributed by atoms with Gasteiger partial charge in [-0.2, -0.15) is 0 Å². The molecule has 0 rings (SSSR count). The van der Waals surface area contributed by atoms with Crippen LogP contribution in [0.5, 0.6) is 0 Å². The Kier molecular flexibility index (Phi) is 108. The van der Waals surface area contributed by atoms with E-state index in [1.807, 2.05) is 0 Å². The molecule has 0 aliphatic carbocycles. The minimum Gasteiger partial charge on any atom is -1.00 e. The van der Waals surface area contributed by atoms with Crippen molar-refractivity contribution in [2.24, 2.45) is 0 Å². The Hall–Kier alpha value is 2.15. The minimum absolute atomic E-state index is 0. The summed E-state index contributed by atoms with van der Waals surface area (Å²) in [6, 6.07) is 0. The van der Waals surface area contributed by atoms with Gasteiger partial charge in [0.25, 0.3) is 0 Å². The van der Waals surface area contributed by atoms with Gasteiger partial charge in [0.2, 0.25) is 0 Å². The standard InChI is InChI=1S/6BH3O3.2Ca.H2O.4H/c6*2-1(3)4;;;;;;;/h6*2-4H;;;1H2;;;;/q;;;;;;2*+2;;4*-1. The summed E-state index contributed by atoms with van der Waals surface area (Å²) in [5, 5.41) is 129. The van der Waals surface area contributed by atoms with Crippen LogP contribution in [0, 0.1) is 0 Å². The van der Waals surface area contributed by atoms with E-state index in [2.05, 4.69) is 0 Å². The molecule has 160 valence electrons. The maximum Gasteiger partial charge on any atom is 2.00 e. The summed E-state index contributed by atoms with van der Waals surface area (Å²) in [5.41, 5.74) is 0. The summed E-state index contributed by atoms with van der Waals surface area (Å²) in [7, 11) is -13.0. The summed E-state index contributed by atoms with van der Waals surface area (Å²) in [4.78, 5) is 0. The molecular weight excluding hydrogens is 449 g/mol. The smallest absolute Gasteiger partial charge is 1.00 e. The van der Waals surface area contributed by atoms with Gasteiger partial charge in [0.05, 0.1) is 0 Å². The topological polar surface area (TPSA) is 396 Å². The van der Waals surface area contributed by atoms with Crippen LogP contribution in [0.15, 0.2) is 0 Å². The van der Waals surface area contributed by atoms with Crippen molar-refractivity contribution < 1.29 is 102 Å². The van der Waals surface area contributed by atoms with Gasteiger partial charge in [-0.1, -0.05) is 0 Å². The summed E-state index contributed by atoms with van der Waals surface area (Å²) in [5.74, 6) is 0. The van der Waals surface area contributed by atoms with Gasteiger partial charge in [0.15, 0.2) is 0 Å². The molecule has 0 unspecified atom stereocenters. The molecule has 0 amide bonds. The molecule has 0 aromatic rings. The Morgan fingerprint density at radius 1 is 0.259 bits per heavy atom. The largest absolute Gasteiger partial charge is 2.00 e. The van der Waals surface area contributed by atoms with Crippen LogP contribution in [-0.4, -0.2) is 215 Å². The van der Waals surface area contributed by atoms with Crippen LogP contribution < -0.4 is 0 Å². The van der Waals surface area contributed by atoms with Crippen molar-refractivity contribution >= 4 is 119 Å². The second kappa shape index (κ2) is 51.1. The molecular formula is H24B6Ca2O19. The SMILES string of the molecule is O.OB(O)O.OB(O)O.OB(O)O.OB(O)O.OB(O)O.OB(O)O.[Ca+2].[Ca+2].[H-].[H-].[H-].[H-]. The molecule has 0 aliphatic rings. The summed E-state index contributed by atoms with van der Waals surface area (Å²) >= 11 is 0. The van der Waals surface area contributed by atoms with Crippen LogP contribution in [0.25, 0.3) is 0 Å². The second-order valence-electron chi connectivity index (χ2n) is 2.08. The van der Waals surface area contributed by atoms with Crippen LogP contribution >= 0.6 is 0 Å². The molecule has 0 aromatic heterocycles. The number of hydrogen-bond donors (Lipinski definition) is 18. The van der Waals surface area contributed by atoms with Gasteiger partial charge < -0.3 is 102 Å². The van der Waals surface area contributed by atoms with E-state index < -0.39 is 43.9 Å². The van der Waals surface area contributed by atoms with Crippen molar-refractivity contribution in [2.45, 2.75) is 0 Å². The molecule has 0 saturated heterocycles. The van der Waals surface area contributed by atoms with Crippen LogP contribution in [0.2, 0.25) is 0 Å². The second-order valence-corrected chi connectivity index (χ2v) is 2.08. The van der Waals surface area contributed by atoms with Crippen molar-refractivity contribution in [1.29, 1.82) is 0 Å². The molecule has 0 atom stereocenters.